The molecule has 0 fully saturated rings. The van der Waals surface area contributed by atoms with Crippen LogP contribution in [0, 0.1) is 6.92 Å². The van der Waals surface area contributed by atoms with Crippen molar-refractivity contribution in [2.24, 2.45) is 0 Å². The minimum absolute atomic E-state index is 0.114. The van der Waals surface area contributed by atoms with Gasteiger partial charge in [-0.2, -0.15) is 15.0 Å². The Morgan fingerprint density at radius 2 is 1.00 bits per heavy atom. The Labute approximate surface area is 284 Å². The molecule has 0 saturated heterocycles. The lowest BCUT2D eigenvalue weighted by Crippen LogP contribution is -2.09. The number of rotatable bonds is 11. The quantitative estimate of drug-likeness (QED) is 0.0998. The normalized spacial score (nSPS) is 11.0. The van der Waals surface area contributed by atoms with Crippen LogP contribution in [-0.4, -0.2) is 55.6 Å². The lowest BCUT2D eigenvalue weighted by Gasteiger charge is -2.05. The second kappa shape index (κ2) is 14.2. The van der Waals surface area contributed by atoms with Crippen molar-refractivity contribution in [3.8, 4) is 68.5 Å². The molecule has 50 heavy (non-hydrogen) atoms. The molecule has 0 aliphatic carbocycles. The van der Waals surface area contributed by atoms with E-state index in [0.717, 1.165) is 11.1 Å². The number of ether oxygens (including phenoxy) is 2. The molecule has 248 valence electrons. The number of nitrogens with zero attached hydrogens (tertiary/aromatic N) is 6. The highest BCUT2D eigenvalue weighted by atomic mass is 16.5. The predicted octanol–water partition coefficient (Wildman–Crippen LogP) is 7.26. The second-order valence-electron chi connectivity index (χ2n) is 11.2. The van der Waals surface area contributed by atoms with Crippen molar-refractivity contribution in [2.45, 2.75) is 20.3 Å². The van der Waals surface area contributed by atoms with Crippen molar-refractivity contribution in [1.82, 2.24) is 30.4 Å². The SMILES string of the molecule is CC(=O)OCCCOC(=O)c1cccc(-c2noc(-c3cccc(-c4nc(-c5cccc(-c6nc(-c7cccc(C)c7)no6)c5)no4)c3)n2)c1. The van der Waals surface area contributed by atoms with E-state index in [1.165, 1.54) is 6.92 Å². The zero-order chi connectivity index (χ0) is 34.5. The maximum atomic E-state index is 12.5. The van der Waals surface area contributed by atoms with Gasteiger partial charge >= 0.3 is 11.9 Å². The Morgan fingerprint density at radius 3 is 1.54 bits per heavy atom. The van der Waals surface area contributed by atoms with Crippen molar-refractivity contribution in [1.29, 1.82) is 0 Å². The summed E-state index contributed by atoms with van der Waals surface area (Å²) in [5.41, 5.74) is 5.57. The van der Waals surface area contributed by atoms with E-state index in [9.17, 15) is 9.59 Å². The summed E-state index contributed by atoms with van der Waals surface area (Å²) in [6.45, 7) is 3.62. The number of esters is 2. The van der Waals surface area contributed by atoms with E-state index in [4.69, 9.17) is 23.0 Å². The zero-order valence-corrected chi connectivity index (χ0v) is 26.9. The molecule has 0 saturated carbocycles. The Bertz CT molecular complexity index is 2310. The molecule has 4 aromatic carbocycles. The first-order chi connectivity index (χ1) is 24.4. The molecule has 0 N–H and O–H groups in total. The third-order valence-electron chi connectivity index (χ3n) is 7.46. The van der Waals surface area contributed by atoms with Gasteiger partial charge < -0.3 is 23.0 Å². The van der Waals surface area contributed by atoms with Gasteiger partial charge in [0.1, 0.15) is 0 Å². The van der Waals surface area contributed by atoms with Gasteiger partial charge in [0.25, 0.3) is 17.7 Å². The average molecular weight is 669 g/mol. The fourth-order valence-electron chi connectivity index (χ4n) is 5.04. The lowest BCUT2D eigenvalue weighted by atomic mass is 10.1. The van der Waals surface area contributed by atoms with Gasteiger partial charge in [0.05, 0.1) is 18.8 Å². The summed E-state index contributed by atoms with van der Waals surface area (Å²) in [7, 11) is 0. The molecule has 7 rings (SSSR count). The standard InChI is InChI=1S/C37H28N6O7/c1-22-8-3-9-24(18-22)31-38-34(48-41-31)27-12-4-10-25(19-27)32-39-35(49-42-32)28-13-6-14-29(21-28)36-40-33(43-50-36)26-11-5-15-30(20-26)37(45)47-17-7-16-46-23(2)44/h3-6,8-15,18-21H,7,16-17H2,1-2H3. The molecule has 0 aliphatic rings. The molecule has 3 aromatic heterocycles. The predicted molar refractivity (Wildman–Crippen MR) is 179 cm³/mol. The molecule has 0 bridgehead atoms. The van der Waals surface area contributed by atoms with E-state index in [2.05, 4.69) is 30.4 Å². The summed E-state index contributed by atoms with van der Waals surface area (Å²) in [4.78, 5) is 37.2. The molecule has 3 heterocycles. The number of benzene rings is 4. The number of aromatic nitrogens is 6. The van der Waals surface area contributed by atoms with E-state index >= 15 is 0 Å². The van der Waals surface area contributed by atoms with Crippen molar-refractivity contribution in [3.63, 3.8) is 0 Å². The molecule has 0 spiro atoms. The average Bonchev–Trinajstić information content (AvgIpc) is 3.94. The molecule has 0 radical (unpaired) electrons. The summed E-state index contributed by atoms with van der Waals surface area (Å²) < 4.78 is 26.9. The number of aryl methyl sites for hydroxylation is 1. The number of hydrogen-bond donors (Lipinski definition) is 0. The number of carbonyl (C=O) groups excluding carboxylic acids is 2. The highest BCUT2D eigenvalue weighted by molar-refractivity contribution is 5.90. The van der Waals surface area contributed by atoms with Gasteiger partial charge in [-0.25, -0.2) is 4.79 Å². The first kappa shape index (κ1) is 31.8. The van der Waals surface area contributed by atoms with Crippen LogP contribution in [0.3, 0.4) is 0 Å². The lowest BCUT2D eigenvalue weighted by molar-refractivity contribution is -0.141. The first-order valence-electron chi connectivity index (χ1n) is 15.6. The molecule has 7 aromatic rings. The van der Waals surface area contributed by atoms with Crippen LogP contribution < -0.4 is 0 Å². The highest BCUT2D eigenvalue weighted by Crippen LogP contribution is 2.30. The Morgan fingerprint density at radius 1 is 0.560 bits per heavy atom. The fourth-order valence-corrected chi connectivity index (χ4v) is 5.04. The molecule has 13 nitrogen and oxygen atoms in total. The fraction of sp³-hybridized carbons (Fsp3) is 0.135. The smallest absolute Gasteiger partial charge is 0.338 e. The molecular weight excluding hydrogens is 640 g/mol. The van der Waals surface area contributed by atoms with E-state index in [0.29, 0.717) is 69.1 Å². The van der Waals surface area contributed by atoms with Gasteiger partial charge in [0.2, 0.25) is 17.5 Å². The summed E-state index contributed by atoms with van der Waals surface area (Å²) >= 11 is 0. The van der Waals surface area contributed by atoms with E-state index in [1.807, 2.05) is 73.7 Å². The van der Waals surface area contributed by atoms with E-state index < -0.39 is 5.97 Å². The summed E-state index contributed by atoms with van der Waals surface area (Å²) in [5.74, 6) is 1.21. The highest BCUT2D eigenvalue weighted by Gasteiger charge is 2.18. The Balaban J connectivity index is 1.05. The Kier molecular flexibility index (Phi) is 9.01. The number of carbonyl (C=O) groups is 2. The summed E-state index contributed by atoms with van der Waals surface area (Å²) in [5, 5.41) is 12.5. The molecular formula is C37H28N6O7. The van der Waals surface area contributed by atoms with Crippen LogP contribution in [0.4, 0.5) is 0 Å². The monoisotopic (exact) mass is 668 g/mol. The zero-order valence-electron chi connectivity index (χ0n) is 26.9. The third kappa shape index (κ3) is 7.21. The van der Waals surface area contributed by atoms with Crippen LogP contribution in [0.5, 0.6) is 0 Å². The van der Waals surface area contributed by atoms with E-state index in [-0.39, 0.29) is 25.1 Å². The maximum absolute atomic E-state index is 12.5. The molecule has 0 unspecified atom stereocenters. The van der Waals surface area contributed by atoms with Crippen LogP contribution in [-0.2, 0) is 14.3 Å². The van der Waals surface area contributed by atoms with Crippen LogP contribution in [0.25, 0.3) is 68.5 Å². The van der Waals surface area contributed by atoms with Crippen LogP contribution in [0.15, 0.2) is 111 Å². The van der Waals surface area contributed by atoms with Gasteiger partial charge in [-0.05, 0) is 55.5 Å². The summed E-state index contributed by atoms with van der Waals surface area (Å²) in [6, 6.07) is 29.3. The second-order valence-corrected chi connectivity index (χ2v) is 11.2. The van der Waals surface area contributed by atoms with Gasteiger partial charge in [0, 0.05) is 46.7 Å². The topological polar surface area (TPSA) is 169 Å². The van der Waals surface area contributed by atoms with Crippen molar-refractivity contribution in [2.75, 3.05) is 13.2 Å². The van der Waals surface area contributed by atoms with Crippen molar-refractivity contribution < 1.29 is 32.6 Å². The van der Waals surface area contributed by atoms with Crippen molar-refractivity contribution in [3.05, 3.63) is 108 Å². The molecule has 0 atom stereocenters. The third-order valence-corrected chi connectivity index (χ3v) is 7.46. The minimum Gasteiger partial charge on any atom is -0.466 e. The van der Waals surface area contributed by atoms with Gasteiger partial charge in [-0.15, -0.1) is 0 Å². The number of hydrogen-bond acceptors (Lipinski definition) is 13. The summed E-state index contributed by atoms with van der Waals surface area (Å²) in [6.07, 6.45) is 0.397. The molecule has 13 heteroatoms. The largest absolute Gasteiger partial charge is 0.466 e. The molecule has 0 aliphatic heterocycles. The van der Waals surface area contributed by atoms with Crippen LogP contribution in [0.2, 0.25) is 0 Å². The van der Waals surface area contributed by atoms with E-state index in [1.54, 1.807) is 30.3 Å². The maximum Gasteiger partial charge on any atom is 0.338 e. The van der Waals surface area contributed by atoms with Gasteiger partial charge in [0.15, 0.2) is 0 Å². The Hall–Kier alpha value is -6.76. The van der Waals surface area contributed by atoms with Gasteiger partial charge in [-0.3, -0.25) is 4.79 Å². The van der Waals surface area contributed by atoms with Crippen LogP contribution >= 0.6 is 0 Å². The first-order valence-corrected chi connectivity index (χ1v) is 15.6. The minimum atomic E-state index is -0.515. The molecule has 0 amide bonds. The van der Waals surface area contributed by atoms with Crippen molar-refractivity contribution >= 4 is 11.9 Å². The van der Waals surface area contributed by atoms with Crippen LogP contribution in [0.1, 0.15) is 29.3 Å². The van der Waals surface area contributed by atoms with Gasteiger partial charge in [-0.1, -0.05) is 69.6 Å².